The van der Waals surface area contributed by atoms with Crippen LogP contribution < -0.4 is 5.32 Å². The number of benzene rings is 1. The van der Waals surface area contributed by atoms with Gasteiger partial charge in [-0.3, -0.25) is 19.6 Å². The number of hydrogen-bond acceptors (Lipinski definition) is 4. The number of amides is 1. The molecule has 1 N–H and O–H groups in total. The molecule has 104 valence electrons. The SMILES string of the molecule is Cc1ccc(C(=O)NCCn2cc([N+](=O)[O-])cn2)cc1. The Morgan fingerprint density at radius 2 is 2.10 bits per heavy atom. The van der Waals surface area contributed by atoms with Gasteiger partial charge < -0.3 is 5.32 Å². The second kappa shape index (κ2) is 5.96. The first-order valence-electron chi connectivity index (χ1n) is 6.08. The summed E-state index contributed by atoms with van der Waals surface area (Å²) in [6.07, 6.45) is 2.51. The molecule has 7 nitrogen and oxygen atoms in total. The van der Waals surface area contributed by atoms with Gasteiger partial charge in [-0.05, 0) is 19.1 Å². The van der Waals surface area contributed by atoms with Crippen molar-refractivity contribution in [1.29, 1.82) is 0 Å². The molecule has 2 aromatic rings. The highest BCUT2D eigenvalue weighted by molar-refractivity contribution is 5.94. The molecule has 1 aromatic carbocycles. The molecule has 0 fully saturated rings. The van der Waals surface area contributed by atoms with Crippen LogP contribution in [0, 0.1) is 17.0 Å². The van der Waals surface area contributed by atoms with Crippen molar-refractivity contribution in [2.75, 3.05) is 6.54 Å². The molecular formula is C13H14N4O3. The number of nitrogens with one attached hydrogen (secondary N) is 1. The molecule has 1 heterocycles. The third-order valence-electron chi connectivity index (χ3n) is 2.77. The molecule has 0 aliphatic heterocycles. The van der Waals surface area contributed by atoms with E-state index in [0.29, 0.717) is 18.7 Å². The molecular weight excluding hydrogens is 260 g/mol. The fourth-order valence-corrected chi connectivity index (χ4v) is 1.66. The van der Waals surface area contributed by atoms with Crippen molar-refractivity contribution >= 4 is 11.6 Å². The van der Waals surface area contributed by atoms with E-state index in [1.807, 2.05) is 19.1 Å². The fraction of sp³-hybridized carbons (Fsp3) is 0.231. The lowest BCUT2D eigenvalue weighted by Crippen LogP contribution is -2.27. The van der Waals surface area contributed by atoms with Gasteiger partial charge in [-0.25, -0.2) is 0 Å². The van der Waals surface area contributed by atoms with Crippen LogP contribution in [0.15, 0.2) is 36.7 Å². The third-order valence-corrected chi connectivity index (χ3v) is 2.77. The minimum Gasteiger partial charge on any atom is -0.350 e. The first-order chi connectivity index (χ1) is 9.56. The molecule has 0 spiro atoms. The van der Waals surface area contributed by atoms with Crippen molar-refractivity contribution in [1.82, 2.24) is 15.1 Å². The van der Waals surface area contributed by atoms with E-state index in [1.165, 1.54) is 17.1 Å². The van der Waals surface area contributed by atoms with Crippen LogP contribution in [-0.2, 0) is 6.54 Å². The summed E-state index contributed by atoms with van der Waals surface area (Å²) in [4.78, 5) is 21.8. The Hall–Kier alpha value is -2.70. The zero-order valence-electron chi connectivity index (χ0n) is 10.9. The summed E-state index contributed by atoms with van der Waals surface area (Å²) in [5.41, 5.74) is 1.61. The molecule has 0 saturated carbocycles. The van der Waals surface area contributed by atoms with E-state index in [2.05, 4.69) is 10.4 Å². The zero-order valence-corrected chi connectivity index (χ0v) is 10.9. The number of aromatic nitrogens is 2. The largest absolute Gasteiger partial charge is 0.350 e. The van der Waals surface area contributed by atoms with Gasteiger partial charge in [0, 0.05) is 12.1 Å². The van der Waals surface area contributed by atoms with Gasteiger partial charge in [0.2, 0.25) is 0 Å². The molecule has 0 unspecified atom stereocenters. The van der Waals surface area contributed by atoms with E-state index in [4.69, 9.17) is 0 Å². The Balaban J connectivity index is 1.84. The number of carbonyl (C=O) groups excluding carboxylic acids is 1. The van der Waals surface area contributed by atoms with E-state index in [-0.39, 0.29) is 11.6 Å². The van der Waals surface area contributed by atoms with E-state index in [1.54, 1.807) is 12.1 Å². The minimum atomic E-state index is -0.506. The van der Waals surface area contributed by atoms with Crippen LogP contribution in [0.25, 0.3) is 0 Å². The molecule has 1 amide bonds. The molecule has 0 bridgehead atoms. The maximum atomic E-state index is 11.8. The standard InChI is InChI=1S/C13H14N4O3/c1-10-2-4-11(5-3-10)13(18)14-6-7-16-9-12(8-15-16)17(19)20/h2-5,8-9H,6-7H2,1H3,(H,14,18). The van der Waals surface area contributed by atoms with Crippen molar-refractivity contribution in [3.8, 4) is 0 Å². The van der Waals surface area contributed by atoms with Crippen LogP contribution in [0.1, 0.15) is 15.9 Å². The number of aryl methyl sites for hydroxylation is 1. The second-order valence-electron chi connectivity index (χ2n) is 4.34. The number of nitro groups is 1. The summed E-state index contributed by atoms with van der Waals surface area (Å²) >= 11 is 0. The molecule has 1 aromatic heterocycles. The van der Waals surface area contributed by atoms with E-state index in [0.717, 1.165) is 5.56 Å². The maximum absolute atomic E-state index is 11.8. The predicted molar refractivity (Wildman–Crippen MR) is 72.4 cm³/mol. The Morgan fingerprint density at radius 1 is 1.40 bits per heavy atom. The number of hydrogen-bond donors (Lipinski definition) is 1. The topological polar surface area (TPSA) is 90.1 Å². The van der Waals surface area contributed by atoms with Crippen LogP contribution >= 0.6 is 0 Å². The summed E-state index contributed by atoms with van der Waals surface area (Å²) < 4.78 is 1.42. The van der Waals surface area contributed by atoms with Gasteiger partial charge >= 0.3 is 5.69 Å². The molecule has 0 saturated heterocycles. The number of rotatable bonds is 5. The normalized spacial score (nSPS) is 10.2. The van der Waals surface area contributed by atoms with Crippen LogP contribution in [0.4, 0.5) is 5.69 Å². The summed E-state index contributed by atoms with van der Waals surface area (Å²) in [5.74, 6) is -0.174. The quantitative estimate of drug-likeness (QED) is 0.661. The lowest BCUT2D eigenvalue weighted by Gasteiger charge is -2.05. The predicted octanol–water partition coefficient (Wildman–Crippen LogP) is 1.53. The van der Waals surface area contributed by atoms with Crippen molar-refractivity contribution in [3.63, 3.8) is 0 Å². The lowest BCUT2D eigenvalue weighted by molar-refractivity contribution is -0.385. The van der Waals surface area contributed by atoms with Gasteiger partial charge in [-0.1, -0.05) is 17.7 Å². The molecule has 0 aliphatic rings. The van der Waals surface area contributed by atoms with Crippen LogP contribution in [-0.4, -0.2) is 27.2 Å². The highest BCUT2D eigenvalue weighted by Gasteiger charge is 2.09. The molecule has 0 aliphatic carbocycles. The van der Waals surface area contributed by atoms with Crippen molar-refractivity contribution in [2.45, 2.75) is 13.5 Å². The van der Waals surface area contributed by atoms with E-state index in [9.17, 15) is 14.9 Å². The Kier molecular flexibility index (Phi) is 4.09. The molecule has 7 heteroatoms. The number of nitrogens with zero attached hydrogens (tertiary/aromatic N) is 3. The Labute approximate surface area is 115 Å². The summed E-state index contributed by atoms with van der Waals surface area (Å²) in [6.45, 7) is 2.68. The Bertz CT molecular complexity index is 619. The smallest absolute Gasteiger partial charge is 0.306 e. The highest BCUT2D eigenvalue weighted by Crippen LogP contribution is 2.07. The Morgan fingerprint density at radius 3 is 2.70 bits per heavy atom. The van der Waals surface area contributed by atoms with Crippen molar-refractivity contribution in [3.05, 3.63) is 57.9 Å². The van der Waals surface area contributed by atoms with Crippen LogP contribution in [0.5, 0.6) is 0 Å². The maximum Gasteiger partial charge on any atom is 0.306 e. The van der Waals surface area contributed by atoms with Gasteiger partial charge in [0.25, 0.3) is 5.91 Å². The highest BCUT2D eigenvalue weighted by atomic mass is 16.6. The summed E-state index contributed by atoms with van der Waals surface area (Å²) in [6, 6.07) is 7.24. The zero-order chi connectivity index (χ0) is 14.5. The lowest BCUT2D eigenvalue weighted by atomic mass is 10.1. The van der Waals surface area contributed by atoms with Crippen LogP contribution in [0.2, 0.25) is 0 Å². The van der Waals surface area contributed by atoms with E-state index >= 15 is 0 Å². The summed E-state index contributed by atoms with van der Waals surface area (Å²) in [7, 11) is 0. The first kappa shape index (κ1) is 13.7. The number of carbonyl (C=O) groups is 1. The van der Waals surface area contributed by atoms with Gasteiger partial charge in [-0.15, -0.1) is 0 Å². The second-order valence-corrected chi connectivity index (χ2v) is 4.34. The average molecular weight is 274 g/mol. The molecule has 2 rings (SSSR count). The first-order valence-corrected chi connectivity index (χ1v) is 6.08. The van der Waals surface area contributed by atoms with Gasteiger partial charge in [-0.2, -0.15) is 5.10 Å². The fourth-order valence-electron chi connectivity index (χ4n) is 1.66. The van der Waals surface area contributed by atoms with Crippen molar-refractivity contribution in [2.24, 2.45) is 0 Å². The molecule has 0 radical (unpaired) electrons. The molecule has 20 heavy (non-hydrogen) atoms. The third kappa shape index (κ3) is 3.41. The average Bonchev–Trinajstić information content (AvgIpc) is 2.88. The van der Waals surface area contributed by atoms with E-state index < -0.39 is 4.92 Å². The minimum absolute atomic E-state index is 0.0603. The molecule has 0 atom stereocenters. The van der Waals surface area contributed by atoms with Gasteiger partial charge in [0.1, 0.15) is 12.4 Å². The van der Waals surface area contributed by atoms with Gasteiger partial charge in [0.15, 0.2) is 0 Å². The van der Waals surface area contributed by atoms with Crippen LogP contribution in [0.3, 0.4) is 0 Å². The monoisotopic (exact) mass is 274 g/mol. The van der Waals surface area contributed by atoms with Gasteiger partial charge in [0.05, 0.1) is 11.5 Å². The van der Waals surface area contributed by atoms with Crippen molar-refractivity contribution < 1.29 is 9.72 Å². The summed E-state index contributed by atoms with van der Waals surface area (Å²) in [5, 5.41) is 17.1.